The van der Waals surface area contributed by atoms with Crippen LogP contribution in [-0.2, 0) is 13.5 Å². The molecule has 0 amide bonds. The Kier molecular flexibility index (Phi) is 1.53. The zero-order chi connectivity index (χ0) is 7.84. The van der Waals surface area contributed by atoms with Crippen LogP contribution in [0.5, 0.6) is 0 Å². The molecular weight excluding hydrogens is 162 g/mol. The predicted molar refractivity (Wildman–Crippen MR) is 45.0 cm³/mol. The average Bonchev–Trinajstić information content (AvgIpc) is 2.30. The molecule has 0 atom stereocenters. The van der Waals surface area contributed by atoms with Gasteiger partial charge in [0.2, 0.25) is 0 Å². The van der Waals surface area contributed by atoms with Crippen molar-refractivity contribution in [1.82, 2.24) is 9.78 Å². The lowest BCUT2D eigenvalue weighted by Crippen LogP contribution is -2.12. The number of rotatable bonds is 0. The molecular formula is C7H10ClN3. The van der Waals surface area contributed by atoms with Crippen molar-refractivity contribution in [3.05, 3.63) is 10.8 Å². The molecule has 0 unspecified atom stereocenters. The first-order valence-corrected chi connectivity index (χ1v) is 4.12. The highest BCUT2D eigenvalue weighted by molar-refractivity contribution is 6.32. The fourth-order valence-corrected chi connectivity index (χ4v) is 1.74. The molecule has 0 saturated heterocycles. The van der Waals surface area contributed by atoms with Crippen LogP contribution >= 0.6 is 11.6 Å². The van der Waals surface area contributed by atoms with E-state index in [1.807, 2.05) is 11.7 Å². The molecule has 0 spiro atoms. The van der Waals surface area contributed by atoms with Crippen molar-refractivity contribution in [3.8, 4) is 0 Å². The van der Waals surface area contributed by atoms with Crippen LogP contribution in [0, 0.1) is 0 Å². The van der Waals surface area contributed by atoms with Crippen molar-refractivity contribution in [2.24, 2.45) is 7.05 Å². The summed E-state index contributed by atoms with van der Waals surface area (Å²) in [5.41, 5.74) is 2.25. The van der Waals surface area contributed by atoms with Crippen LogP contribution in [0.25, 0.3) is 0 Å². The summed E-state index contributed by atoms with van der Waals surface area (Å²) in [5, 5.41) is 7.95. The van der Waals surface area contributed by atoms with Crippen LogP contribution in [-0.4, -0.2) is 16.3 Å². The molecule has 11 heavy (non-hydrogen) atoms. The van der Waals surface area contributed by atoms with Crippen LogP contribution < -0.4 is 5.32 Å². The number of nitrogens with zero attached hydrogens (tertiary/aromatic N) is 2. The molecule has 0 fully saturated rings. The maximum atomic E-state index is 5.87. The largest absolute Gasteiger partial charge is 0.381 e. The Morgan fingerprint density at radius 1 is 1.64 bits per heavy atom. The van der Waals surface area contributed by atoms with E-state index in [1.54, 1.807) is 0 Å². The highest BCUT2D eigenvalue weighted by Gasteiger charge is 2.16. The number of hydrogen-bond donors (Lipinski definition) is 1. The minimum absolute atomic E-state index is 0.599. The van der Waals surface area contributed by atoms with Gasteiger partial charge in [-0.1, -0.05) is 11.6 Å². The van der Waals surface area contributed by atoms with Gasteiger partial charge in [0, 0.05) is 13.6 Å². The lowest BCUT2D eigenvalue weighted by molar-refractivity contribution is 0.682. The van der Waals surface area contributed by atoms with Crippen molar-refractivity contribution in [2.75, 3.05) is 11.9 Å². The monoisotopic (exact) mass is 171 g/mol. The Morgan fingerprint density at radius 2 is 2.45 bits per heavy atom. The normalized spacial score (nSPS) is 15.8. The first-order valence-electron chi connectivity index (χ1n) is 3.74. The maximum absolute atomic E-state index is 5.87. The number of halogens is 1. The Balaban J connectivity index is 2.52. The van der Waals surface area contributed by atoms with Gasteiger partial charge in [-0.3, -0.25) is 4.68 Å². The number of nitrogens with one attached hydrogen (secondary N) is 1. The van der Waals surface area contributed by atoms with Gasteiger partial charge < -0.3 is 5.32 Å². The molecule has 3 nitrogen and oxygen atoms in total. The van der Waals surface area contributed by atoms with Crippen LogP contribution in [0.3, 0.4) is 0 Å². The SMILES string of the molecule is Cn1nc(Cl)c2c1CCCN2. The van der Waals surface area contributed by atoms with Gasteiger partial charge in [0.25, 0.3) is 0 Å². The third-order valence-corrected chi connectivity index (χ3v) is 2.28. The van der Waals surface area contributed by atoms with E-state index in [2.05, 4.69) is 10.4 Å². The van der Waals surface area contributed by atoms with Gasteiger partial charge in [0.1, 0.15) is 0 Å². The van der Waals surface area contributed by atoms with E-state index in [4.69, 9.17) is 11.6 Å². The van der Waals surface area contributed by atoms with Gasteiger partial charge in [-0.05, 0) is 12.8 Å². The summed E-state index contributed by atoms with van der Waals surface area (Å²) in [7, 11) is 1.93. The molecule has 0 aliphatic carbocycles. The van der Waals surface area contributed by atoms with Crippen LogP contribution in [0.2, 0.25) is 5.15 Å². The fraction of sp³-hybridized carbons (Fsp3) is 0.571. The second-order valence-corrected chi connectivity index (χ2v) is 3.12. The number of fused-ring (bicyclic) bond motifs is 1. The van der Waals surface area contributed by atoms with Gasteiger partial charge >= 0.3 is 0 Å². The summed E-state index contributed by atoms with van der Waals surface area (Å²) in [4.78, 5) is 0. The second kappa shape index (κ2) is 2.41. The summed E-state index contributed by atoms with van der Waals surface area (Å²) < 4.78 is 1.85. The summed E-state index contributed by atoms with van der Waals surface area (Å²) in [6.07, 6.45) is 2.25. The lowest BCUT2D eigenvalue weighted by atomic mass is 10.1. The predicted octanol–water partition coefficient (Wildman–Crippen LogP) is 1.43. The molecule has 1 aliphatic heterocycles. The molecule has 1 aliphatic rings. The molecule has 2 heterocycles. The van der Waals surface area contributed by atoms with E-state index in [0.29, 0.717) is 5.15 Å². The first kappa shape index (κ1) is 6.98. The standard InChI is InChI=1S/C7H10ClN3/c1-11-5-3-2-4-9-6(5)7(8)10-11/h9H,2-4H2,1H3. The minimum Gasteiger partial charge on any atom is -0.381 e. The molecule has 1 aromatic rings. The van der Waals surface area contributed by atoms with Crippen molar-refractivity contribution < 1.29 is 0 Å². The molecule has 1 N–H and O–H groups in total. The van der Waals surface area contributed by atoms with E-state index in [1.165, 1.54) is 12.1 Å². The van der Waals surface area contributed by atoms with Crippen molar-refractivity contribution in [3.63, 3.8) is 0 Å². The Labute approximate surface area is 70.3 Å². The molecule has 60 valence electrons. The topological polar surface area (TPSA) is 29.9 Å². The van der Waals surface area contributed by atoms with E-state index in [-0.39, 0.29) is 0 Å². The average molecular weight is 172 g/mol. The van der Waals surface area contributed by atoms with Gasteiger partial charge in [-0.15, -0.1) is 0 Å². The highest BCUT2D eigenvalue weighted by Crippen LogP contribution is 2.28. The molecule has 2 rings (SSSR count). The van der Waals surface area contributed by atoms with Crippen LogP contribution in [0.1, 0.15) is 12.1 Å². The Morgan fingerprint density at radius 3 is 3.18 bits per heavy atom. The summed E-state index contributed by atoms with van der Waals surface area (Å²) >= 11 is 5.87. The van der Waals surface area contributed by atoms with Crippen molar-refractivity contribution >= 4 is 17.3 Å². The Bertz CT molecular complexity index is 253. The van der Waals surface area contributed by atoms with Crippen molar-refractivity contribution in [2.45, 2.75) is 12.8 Å². The maximum Gasteiger partial charge on any atom is 0.174 e. The first-order chi connectivity index (χ1) is 5.29. The molecule has 0 saturated carbocycles. The Hall–Kier alpha value is -0.700. The third kappa shape index (κ3) is 0.997. The third-order valence-electron chi connectivity index (χ3n) is 2.02. The summed E-state index contributed by atoms with van der Waals surface area (Å²) in [6, 6.07) is 0. The quantitative estimate of drug-likeness (QED) is 0.640. The number of aryl methyl sites for hydroxylation is 1. The molecule has 0 bridgehead atoms. The molecule has 0 radical (unpaired) electrons. The van der Waals surface area contributed by atoms with E-state index in [9.17, 15) is 0 Å². The number of hydrogen-bond acceptors (Lipinski definition) is 2. The highest BCUT2D eigenvalue weighted by atomic mass is 35.5. The van der Waals surface area contributed by atoms with E-state index >= 15 is 0 Å². The van der Waals surface area contributed by atoms with Gasteiger partial charge in [-0.2, -0.15) is 5.10 Å². The summed E-state index contributed by atoms with van der Waals surface area (Å²) in [5.74, 6) is 0. The zero-order valence-electron chi connectivity index (χ0n) is 6.39. The van der Waals surface area contributed by atoms with E-state index in [0.717, 1.165) is 18.7 Å². The van der Waals surface area contributed by atoms with Crippen LogP contribution in [0.4, 0.5) is 5.69 Å². The smallest absolute Gasteiger partial charge is 0.174 e. The lowest BCUT2D eigenvalue weighted by Gasteiger charge is -2.13. The van der Waals surface area contributed by atoms with Gasteiger partial charge in [-0.25, -0.2) is 0 Å². The zero-order valence-corrected chi connectivity index (χ0v) is 7.15. The number of aromatic nitrogens is 2. The van der Waals surface area contributed by atoms with Crippen LogP contribution in [0.15, 0.2) is 0 Å². The molecule has 1 aromatic heterocycles. The fourth-order valence-electron chi connectivity index (χ4n) is 1.45. The van der Waals surface area contributed by atoms with Gasteiger partial charge in [0.05, 0.1) is 11.4 Å². The van der Waals surface area contributed by atoms with E-state index < -0.39 is 0 Å². The second-order valence-electron chi connectivity index (χ2n) is 2.77. The van der Waals surface area contributed by atoms with Gasteiger partial charge in [0.15, 0.2) is 5.15 Å². The molecule has 0 aromatic carbocycles. The molecule has 4 heteroatoms. The number of anilines is 1. The summed E-state index contributed by atoms with van der Waals surface area (Å²) in [6.45, 7) is 1.01. The minimum atomic E-state index is 0.599. The van der Waals surface area contributed by atoms with Crippen molar-refractivity contribution in [1.29, 1.82) is 0 Å².